The molecule has 0 aromatic heterocycles. The van der Waals surface area contributed by atoms with E-state index in [0.29, 0.717) is 38.9 Å². The van der Waals surface area contributed by atoms with E-state index in [2.05, 4.69) is 5.32 Å². The topological polar surface area (TPSA) is 49.4 Å². The normalized spacial score (nSPS) is 14.8. The molecule has 0 aliphatic carbocycles. The molecule has 1 saturated heterocycles. The summed E-state index contributed by atoms with van der Waals surface area (Å²) in [6.07, 6.45) is 1.76. The minimum absolute atomic E-state index is 0.00473. The predicted molar refractivity (Wildman–Crippen MR) is 102 cm³/mol. The van der Waals surface area contributed by atoms with Crippen molar-refractivity contribution in [3.63, 3.8) is 0 Å². The van der Waals surface area contributed by atoms with Gasteiger partial charge in [0.25, 0.3) is 0 Å². The maximum Gasteiger partial charge on any atom is 0.226 e. The van der Waals surface area contributed by atoms with Gasteiger partial charge in [0.15, 0.2) is 0 Å². The highest BCUT2D eigenvalue weighted by atomic mass is 19.1. The molecule has 2 amide bonds. The number of hydrogen-bond acceptors (Lipinski definition) is 2. The molecule has 0 bridgehead atoms. The highest BCUT2D eigenvalue weighted by Gasteiger charge is 2.27. The Hall–Kier alpha value is -2.69. The quantitative estimate of drug-likeness (QED) is 0.881. The molecule has 0 radical (unpaired) electrons. The van der Waals surface area contributed by atoms with Gasteiger partial charge in [-0.2, -0.15) is 0 Å². The second-order valence-corrected chi connectivity index (χ2v) is 7.17. The van der Waals surface area contributed by atoms with Crippen LogP contribution < -0.4 is 5.32 Å². The van der Waals surface area contributed by atoms with E-state index in [0.717, 1.165) is 16.7 Å². The lowest BCUT2D eigenvalue weighted by atomic mass is 9.95. The number of rotatable bonds is 5. The number of amides is 2. The number of halogens is 1. The van der Waals surface area contributed by atoms with Gasteiger partial charge in [0.2, 0.25) is 11.8 Å². The van der Waals surface area contributed by atoms with Crippen molar-refractivity contribution in [2.24, 2.45) is 5.92 Å². The highest BCUT2D eigenvalue weighted by Crippen LogP contribution is 2.19. The summed E-state index contributed by atoms with van der Waals surface area (Å²) >= 11 is 0. The molecule has 0 saturated carbocycles. The number of benzene rings is 2. The zero-order chi connectivity index (χ0) is 19.2. The first kappa shape index (κ1) is 19.1. The molecule has 1 heterocycles. The van der Waals surface area contributed by atoms with E-state index < -0.39 is 0 Å². The summed E-state index contributed by atoms with van der Waals surface area (Å²) in [5, 5.41) is 2.91. The summed E-state index contributed by atoms with van der Waals surface area (Å²) in [5.74, 6) is -0.239. The Morgan fingerprint density at radius 3 is 2.44 bits per heavy atom. The van der Waals surface area contributed by atoms with E-state index >= 15 is 0 Å². The first-order valence-electron chi connectivity index (χ1n) is 9.37. The number of hydrogen-bond donors (Lipinski definition) is 1. The van der Waals surface area contributed by atoms with Crippen LogP contribution in [0.25, 0.3) is 0 Å². The van der Waals surface area contributed by atoms with Crippen molar-refractivity contribution >= 4 is 11.8 Å². The molecule has 0 spiro atoms. The van der Waals surface area contributed by atoms with E-state index in [-0.39, 0.29) is 23.5 Å². The molecule has 2 aromatic carbocycles. The average molecular weight is 368 g/mol. The molecule has 27 heavy (non-hydrogen) atoms. The third kappa shape index (κ3) is 5.39. The zero-order valence-electron chi connectivity index (χ0n) is 15.6. The monoisotopic (exact) mass is 368 g/mol. The summed E-state index contributed by atoms with van der Waals surface area (Å²) in [6.45, 7) is 3.63. The number of nitrogens with zero attached hydrogens (tertiary/aromatic N) is 1. The molecule has 0 unspecified atom stereocenters. The molecule has 5 heteroatoms. The molecule has 4 nitrogen and oxygen atoms in total. The van der Waals surface area contributed by atoms with E-state index in [9.17, 15) is 14.0 Å². The summed E-state index contributed by atoms with van der Waals surface area (Å²) in [4.78, 5) is 26.7. The van der Waals surface area contributed by atoms with Gasteiger partial charge >= 0.3 is 0 Å². The lowest BCUT2D eigenvalue weighted by molar-refractivity contribution is -0.135. The van der Waals surface area contributed by atoms with Crippen LogP contribution in [0.1, 0.15) is 29.5 Å². The van der Waals surface area contributed by atoms with Crippen LogP contribution in [0.15, 0.2) is 48.5 Å². The van der Waals surface area contributed by atoms with Crippen molar-refractivity contribution in [3.8, 4) is 0 Å². The van der Waals surface area contributed by atoms with Crippen molar-refractivity contribution in [2.45, 2.75) is 32.7 Å². The largest absolute Gasteiger partial charge is 0.352 e. The minimum atomic E-state index is -0.284. The predicted octanol–water partition coefficient (Wildman–Crippen LogP) is 3.23. The molecule has 1 fully saturated rings. The van der Waals surface area contributed by atoms with E-state index in [4.69, 9.17) is 0 Å². The SMILES string of the molecule is Cc1cccc(CC(=O)N2CCC(C(=O)NCc3ccc(F)cc3)CC2)c1. The Kier molecular flexibility index (Phi) is 6.22. The van der Waals surface area contributed by atoms with Gasteiger partial charge in [-0.1, -0.05) is 42.0 Å². The smallest absolute Gasteiger partial charge is 0.226 e. The van der Waals surface area contributed by atoms with E-state index in [1.165, 1.54) is 12.1 Å². The number of likely N-dealkylation sites (tertiary alicyclic amines) is 1. The van der Waals surface area contributed by atoms with Gasteiger partial charge in [-0.25, -0.2) is 4.39 Å². The Morgan fingerprint density at radius 1 is 1.07 bits per heavy atom. The van der Waals surface area contributed by atoms with E-state index in [1.807, 2.05) is 36.1 Å². The number of piperidine rings is 1. The maximum absolute atomic E-state index is 12.9. The maximum atomic E-state index is 12.9. The Bertz CT molecular complexity index is 796. The van der Waals surface area contributed by atoms with Gasteiger partial charge in [-0.15, -0.1) is 0 Å². The first-order chi connectivity index (χ1) is 13.0. The zero-order valence-corrected chi connectivity index (χ0v) is 15.6. The van der Waals surface area contributed by atoms with Gasteiger partial charge in [0.05, 0.1) is 6.42 Å². The fraction of sp³-hybridized carbons (Fsp3) is 0.364. The molecule has 2 aromatic rings. The second-order valence-electron chi connectivity index (χ2n) is 7.17. The van der Waals surface area contributed by atoms with Crippen molar-refractivity contribution < 1.29 is 14.0 Å². The third-order valence-corrected chi connectivity index (χ3v) is 5.04. The number of nitrogens with one attached hydrogen (secondary N) is 1. The minimum Gasteiger partial charge on any atom is -0.352 e. The standard InChI is InChI=1S/C22H25FN2O2/c1-16-3-2-4-18(13-16)14-21(26)25-11-9-19(10-12-25)22(27)24-15-17-5-7-20(23)8-6-17/h2-8,13,19H,9-12,14-15H2,1H3,(H,24,27). The summed E-state index contributed by atoms with van der Waals surface area (Å²) in [5.41, 5.74) is 3.05. The molecular weight excluding hydrogens is 343 g/mol. The van der Waals surface area contributed by atoms with Crippen LogP contribution in [0.2, 0.25) is 0 Å². The van der Waals surface area contributed by atoms with E-state index in [1.54, 1.807) is 12.1 Å². The second kappa shape index (κ2) is 8.80. The Labute approximate surface area is 159 Å². The third-order valence-electron chi connectivity index (χ3n) is 5.04. The number of carbonyl (C=O) groups is 2. The molecule has 142 valence electrons. The molecule has 1 aliphatic heterocycles. The summed E-state index contributed by atoms with van der Waals surface area (Å²) in [7, 11) is 0. The summed E-state index contributed by atoms with van der Waals surface area (Å²) < 4.78 is 12.9. The molecular formula is C22H25FN2O2. The number of aryl methyl sites for hydroxylation is 1. The van der Waals surface area contributed by atoms with Crippen LogP contribution in [-0.4, -0.2) is 29.8 Å². The van der Waals surface area contributed by atoms with Crippen molar-refractivity contribution in [3.05, 3.63) is 71.0 Å². The van der Waals surface area contributed by atoms with Crippen molar-refractivity contribution in [1.82, 2.24) is 10.2 Å². The van der Waals surface area contributed by atoms with Gasteiger partial charge in [0, 0.05) is 25.6 Å². The lowest BCUT2D eigenvalue weighted by Gasteiger charge is -2.31. The fourth-order valence-corrected chi connectivity index (χ4v) is 3.44. The van der Waals surface area contributed by atoms with Crippen LogP contribution in [-0.2, 0) is 22.6 Å². The molecule has 3 rings (SSSR count). The van der Waals surface area contributed by atoms with Gasteiger partial charge in [-0.3, -0.25) is 9.59 Å². The van der Waals surface area contributed by atoms with Crippen LogP contribution >= 0.6 is 0 Å². The van der Waals surface area contributed by atoms with Gasteiger partial charge in [0.1, 0.15) is 5.82 Å². The van der Waals surface area contributed by atoms with Crippen molar-refractivity contribution in [1.29, 1.82) is 0 Å². The Morgan fingerprint density at radius 2 is 1.78 bits per heavy atom. The first-order valence-corrected chi connectivity index (χ1v) is 9.37. The highest BCUT2D eigenvalue weighted by molar-refractivity contribution is 5.81. The Balaban J connectivity index is 1.44. The molecule has 0 atom stereocenters. The van der Waals surface area contributed by atoms with Crippen LogP contribution in [0.5, 0.6) is 0 Å². The van der Waals surface area contributed by atoms with Crippen molar-refractivity contribution in [2.75, 3.05) is 13.1 Å². The van der Waals surface area contributed by atoms with Crippen LogP contribution in [0.3, 0.4) is 0 Å². The van der Waals surface area contributed by atoms with Crippen LogP contribution in [0.4, 0.5) is 4.39 Å². The molecule has 1 aliphatic rings. The lowest BCUT2D eigenvalue weighted by Crippen LogP contribution is -2.43. The average Bonchev–Trinajstić information content (AvgIpc) is 2.67. The van der Waals surface area contributed by atoms with Gasteiger partial charge < -0.3 is 10.2 Å². The fourth-order valence-electron chi connectivity index (χ4n) is 3.44. The number of carbonyl (C=O) groups excluding carboxylic acids is 2. The summed E-state index contributed by atoms with van der Waals surface area (Å²) in [6, 6.07) is 14.1. The van der Waals surface area contributed by atoms with Gasteiger partial charge in [-0.05, 0) is 43.0 Å². The van der Waals surface area contributed by atoms with Crippen LogP contribution in [0, 0.1) is 18.7 Å². The molecule has 1 N–H and O–H groups in total.